The van der Waals surface area contributed by atoms with Gasteiger partial charge in [-0.3, -0.25) is 14.5 Å². The van der Waals surface area contributed by atoms with E-state index in [4.69, 9.17) is 23.2 Å². The molecule has 0 spiro atoms. The highest BCUT2D eigenvalue weighted by atomic mass is 35.5. The Morgan fingerprint density at radius 3 is 2.19 bits per heavy atom. The number of halogens is 3. The number of carbonyl (C=O) groups is 2. The van der Waals surface area contributed by atoms with Gasteiger partial charge in [-0.15, -0.1) is 0 Å². The topological polar surface area (TPSA) is 43.9 Å². The van der Waals surface area contributed by atoms with Gasteiger partial charge in [0.05, 0.1) is 6.42 Å². The summed E-state index contributed by atoms with van der Waals surface area (Å²) in [5.41, 5.74) is 1.84. The van der Waals surface area contributed by atoms with E-state index in [0.717, 1.165) is 11.1 Å². The molecule has 8 heteroatoms. The lowest BCUT2D eigenvalue weighted by Crippen LogP contribution is -2.51. The van der Waals surface area contributed by atoms with E-state index in [1.807, 2.05) is 35.2 Å². The maximum absolute atomic E-state index is 13.3. The Bertz CT molecular complexity index is 857. The molecule has 166 valence electrons. The van der Waals surface area contributed by atoms with Gasteiger partial charge in [-0.25, -0.2) is 4.39 Å². The summed E-state index contributed by atoms with van der Waals surface area (Å²) >= 11 is 11.4. The van der Waals surface area contributed by atoms with Crippen molar-refractivity contribution in [2.24, 2.45) is 0 Å². The third kappa shape index (κ3) is 7.20. The van der Waals surface area contributed by atoms with Gasteiger partial charge in [0.2, 0.25) is 5.91 Å². The summed E-state index contributed by atoms with van der Waals surface area (Å²) < 4.78 is 13.3. The Morgan fingerprint density at radius 2 is 1.58 bits per heavy atom. The van der Waals surface area contributed by atoms with Gasteiger partial charge in [0, 0.05) is 45.8 Å². The van der Waals surface area contributed by atoms with Gasteiger partial charge in [0.1, 0.15) is 5.82 Å². The SMILES string of the molecule is O=C(Cc1ccccc1)N(CCN1CCN(C(=O)C(Cl)Cl)CC1)Cc1ccc(F)cc1. The van der Waals surface area contributed by atoms with Gasteiger partial charge in [-0.1, -0.05) is 65.7 Å². The Morgan fingerprint density at radius 1 is 0.935 bits per heavy atom. The van der Waals surface area contributed by atoms with Crippen LogP contribution in [0.25, 0.3) is 0 Å². The van der Waals surface area contributed by atoms with Gasteiger partial charge in [-0.05, 0) is 23.3 Å². The van der Waals surface area contributed by atoms with Gasteiger partial charge in [0.15, 0.2) is 4.84 Å². The standard InChI is InChI=1S/C23H26Cl2FN3O2/c24-22(25)23(31)28-13-10-27(11-14-28)12-15-29(17-19-6-8-20(26)9-7-19)21(30)16-18-4-2-1-3-5-18/h1-9,22H,10-17H2. The highest BCUT2D eigenvalue weighted by Gasteiger charge is 2.25. The summed E-state index contributed by atoms with van der Waals surface area (Å²) in [7, 11) is 0. The fourth-order valence-corrected chi connectivity index (χ4v) is 3.85. The van der Waals surface area contributed by atoms with Gasteiger partial charge >= 0.3 is 0 Å². The molecule has 0 unspecified atom stereocenters. The molecule has 1 fully saturated rings. The molecule has 1 aliphatic heterocycles. The van der Waals surface area contributed by atoms with Crippen LogP contribution in [0.2, 0.25) is 0 Å². The summed E-state index contributed by atoms with van der Waals surface area (Å²) in [6.45, 7) is 4.17. The minimum Gasteiger partial charge on any atom is -0.338 e. The molecule has 0 radical (unpaired) electrons. The largest absolute Gasteiger partial charge is 0.338 e. The van der Waals surface area contributed by atoms with Crippen molar-refractivity contribution in [1.82, 2.24) is 14.7 Å². The zero-order chi connectivity index (χ0) is 22.2. The lowest BCUT2D eigenvalue weighted by Gasteiger charge is -2.36. The van der Waals surface area contributed by atoms with Crippen LogP contribution in [0.3, 0.4) is 0 Å². The van der Waals surface area contributed by atoms with Crippen molar-refractivity contribution in [3.63, 3.8) is 0 Å². The fourth-order valence-electron chi connectivity index (χ4n) is 3.58. The molecular formula is C23H26Cl2FN3O2. The molecule has 31 heavy (non-hydrogen) atoms. The highest BCUT2D eigenvalue weighted by Crippen LogP contribution is 2.12. The first-order valence-corrected chi connectivity index (χ1v) is 11.1. The summed E-state index contributed by atoms with van der Waals surface area (Å²) in [4.78, 5) is 29.6. The minimum atomic E-state index is -1.03. The number of benzene rings is 2. The summed E-state index contributed by atoms with van der Waals surface area (Å²) in [6, 6.07) is 15.9. The Labute approximate surface area is 192 Å². The maximum atomic E-state index is 13.3. The van der Waals surface area contributed by atoms with Crippen LogP contribution >= 0.6 is 23.2 Å². The van der Waals surface area contributed by atoms with Crippen molar-refractivity contribution in [3.05, 3.63) is 71.5 Å². The van der Waals surface area contributed by atoms with Crippen molar-refractivity contribution in [3.8, 4) is 0 Å². The third-order valence-corrected chi connectivity index (χ3v) is 5.77. The lowest BCUT2D eigenvalue weighted by molar-refractivity contribution is -0.131. The van der Waals surface area contributed by atoms with Crippen LogP contribution in [0, 0.1) is 5.82 Å². The van der Waals surface area contributed by atoms with E-state index in [-0.39, 0.29) is 17.6 Å². The summed E-state index contributed by atoms with van der Waals surface area (Å²) in [5, 5.41) is 0. The zero-order valence-electron chi connectivity index (χ0n) is 17.2. The Kier molecular flexibility index (Phi) is 8.69. The van der Waals surface area contributed by atoms with Crippen molar-refractivity contribution >= 4 is 35.0 Å². The smallest absolute Gasteiger partial charge is 0.255 e. The first kappa shape index (κ1) is 23.5. The van der Waals surface area contributed by atoms with Crippen LogP contribution in [-0.2, 0) is 22.6 Å². The molecule has 0 aliphatic carbocycles. The number of piperazine rings is 1. The van der Waals surface area contributed by atoms with Gasteiger partial charge in [-0.2, -0.15) is 0 Å². The van der Waals surface area contributed by atoms with E-state index in [1.165, 1.54) is 12.1 Å². The molecule has 2 amide bonds. The molecule has 0 atom stereocenters. The first-order valence-electron chi connectivity index (χ1n) is 10.3. The van der Waals surface area contributed by atoms with Crippen LogP contribution in [0.4, 0.5) is 4.39 Å². The number of amides is 2. The normalized spacial score (nSPS) is 14.6. The second kappa shape index (κ2) is 11.5. The molecule has 0 saturated carbocycles. The van der Waals surface area contributed by atoms with Crippen LogP contribution in [-0.4, -0.2) is 70.6 Å². The van der Waals surface area contributed by atoms with Crippen LogP contribution < -0.4 is 0 Å². The number of nitrogens with zero attached hydrogens (tertiary/aromatic N) is 3. The predicted octanol–water partition coefficient (Wildman–Crippen LogP) is 3.34. The van der Waals surface area contributed by atoms with E-state index >= 15 is 0 Å². The molecule has 1 saturated heterocycles. The van der Waals surface area contributed by atoms with Gasteiger partial charge < -0.3 is 9.80 Å². The first-order chi connectivity index (χ1) is 14.9. The second-order valence-electron chi connectivity index (χ2n) is 7.57. The van der Waals surface area contributed by atoms with Crippen LogP contribution in [0.1, 0.15) is 11.1 Å². The fraction of sp³-hybridized carbons (Fsp3) is 0.391. The number of hydrogen-bond acceptors (Lipinski definition) is 3. The molecule has 0 bridgehead atoms. The number of alkyl halides is 2. The second-order valence-corrected chi connectivity index (χ2v) is 8.67. The quantitative estimate of drug-likeness (QED) is 0.561. The number of carbonyl (C=O) groups excluding carboxylic acids is 2. The van der Waals surface area contributed by atoms with E-state index in [0.29, 0.717) is 52.2 Å². The Balaban J connectivity index is 1.59. The van der Waals surface area contributed by atoms with Crippen LogP contribution in [0.15, 0.2) is 54.6 Å². The minimum absolute atomic E-state index is 0.0245. The molecule has 2 aromatic rings. The molecular weight excluding hydrogens is 440 g/mol. The van der Waals surface area contributed by atoms with Crippen molar-refractivity contribution in [2.75, 3.05) is 39.3 Å². The summed E-state index contributed by atoms with van der Waals surface area (Å²) in [5.74, 6) is -0.537. The monoisotopic (exact) mass is 465 g/mol. The predicted molar refractivity (Wildman–Crippen MR) is 120 cm³/mol. The molecule has 1 aliphatic rings. The summed E-state index contributed by atoms with van der Waals surface area (Å²) in [6.07, 6.45) is 0.317. The molecule has 1 heterocycles. The zero-order valence-corrected chi connectivity index (χ0v) is 18.7. The van der Waals surface area contributed by atoms with Crippen molar-refractivity contribution in [1.29, 1.82) is 0 Å². The molecule has 3 rings (SSSR count). The Hall–Kier alpha value is -2.15. The lowest BCUT2D eigenvalue weighted by atomic mass is 10.1. The molecule has 5 nitrogen and oxygen atoms in total. The highest BCUT2D eigenvalue weighted by molar-refractivity contribution is 6.53. The van der Waals surface area contributed by atoms with Gasteiger partial charge in [0.25, 0.3) is 5.91 Å². The molecule has 0 N–H and O–H groups in total. The van der Waals surface area contributed by atoms with E-state index < -0.39 is 4.84 Å². The maximum Gasteiger partial charge on any atom is 0.255 e. The number of hydrogen-bond donors (Lipinski definition) is 0. The average Bonchev–Trinajstić information content (AvgIpc) is 2.78. The van der Waals surface area contributed by atoms with E-state index in [2.05, 4.69) is 4.90 Å². The van der Waals surface area contributed by atoms with Crippen molar-refractivity contribution < 1.29 is 14.0 Å². The van der Waals surface area contributed by atoms with E-state index in [9.17, 15) is 14.0 Å². The van der Waals surface area contributed by atoms with Crippen LogP contribution in [0.5, 0.6) is 0 Å². The molecule has 0 aromatic heterocycles. The van der Waals surface area contributed by atoms with E-state index in [1.54, 1.807) is 17.0 Å². The third-order valence-electron chi connectivity index (χ3n) is 5.39. The van der Waals surface area contributed by atoms with Crippen molar-refractivity contribution in [2.45, 2.75) is 17.8 Å². The number of rotatable bonds is 8. The molecule has 2 aromatic carbocycles. The average molecular weight is 466 g/mol.